The molecule has 1 atom stereocenters. The summed E-state index contributed by atoms with van der Waals surface area (Å²) in [4.78, 5) is 12.3. The van der Waals surface area contributed by atoms with Crippen molar-refractivity contribution in [2.75, 3.05) is 13.1 Å². The molecule has 0 bridgehead atoms. The Morgan fingerprint density at radius 1 is 1.25 bits per heavy atom. The average Bonchev–Trinajstić information content (AvgIpc) is 2.72. The standard InChI is InChI=1S/C11H16F6N2O/c1-2-3-7(18)8(20)19-5-4-9(6-19,10(12,13)14)11(15,16)17/h7H,2-6,18H2,1H3. The van der Waals surface area contributed by atoms with Crippen molar-refractivity contribution in [1.82, 2.24) is 4.90 Å². The normalized spacial score (nSPS) is 21.1. The lowest BCUT2D eigenvalue weighted by atomic mass is 9.85. The summed E-state index contributed by atoms with van der Waals surface area (Å²) < 4.78 is 76.9. The van der Waals surface area contributed by atoms with Crippen LogP contribution in [0.2, 0.25) is 0 Å². The number of carbonyl (C=O) groups excluding carboxylic acids is 1. The van der Waals surface area contributed by atoms with Crippen molar-refractivity contribution in [2.24, 2.45) is 11.1 Å². The van der Waals surface area contributed by atoms with Gasteiger partial charge in [-0.3, -0.25) is 4.79 Å². The molecule has 3 nitrogen and oxygen atoms in total. The number of alkyl halides is 6. The Bertz CT molecular complexity index is 351. The number of nitrogens with zero attached hydrogens (tertiary/aromatic N) is 1. The molecule has 2 N–H and O–H groups in total. The Morgan fingerprint density at radius 2 is 1.75 bits per heavy atom. The van der Waals surface area contributed by atoms with E-state index in [1.165, 1.54) is 0 Å². The van der Waals surface area contributed by atoms with Gasteiger partial charge in [-0.25, -0.2) is 0 Å². The Morgan fingerprint density at radius 3 is 2.10 bits per heavy atom. The first kappa shape index (κ1) is 17.1. The van der Waals surface area contributed by atoms with Crippen LogP contribution in [0.3, 0.4) is 0 Å². The minimum atomic E-state index is -5.45. The van der Waals surface area contributed by atoms with Crippen molar-refractivity contribution in [3.8, 4) is 0 Å². The minimum Gasteiger partial charge on any atom is -0.340 e. The molecule has 0 aromatic rings. The summed E-state index contributed by atoms with van der Waals surface area (Å²) in [6, 6.07) is -1.06. The maximum absolute atomic E-state index is 12.8. The molecule has 118 valence electrons. The molecular weight excluding hydrogens is 290 g/mol. The second-order valence-corrected chi connectivity index (χ2v) is 4.98. The molecule has 0 aromatic carbocycles. The topological polar surface area (TPSA) is 46.3 Å². The van der Waals surface area contributed by atoms with E-state index < -0.39 is 49.2 Å². The number of rotatable bonds is 3. The zero-order valence-electron chi connectivity index (χ0n) is 10.8. The first-order chi connectivity index (χ1) is 8.96. The number of hydrogen-bond donors (Lipinski definition) is 1. The molecule has 1 fully saturated rings. The van der Waals surface area contributed by atoms with Gasteiger partial charge in [0.1, 0.15) is 0 Å². The van der Waals surface area contributed by atoms with E-state index in [-0.39, 0.29) is 6.42 Å². The molecule has 0 radical (unpaired) electrons. The van der Waals surface area contributed by atoms with E-state index in [0.29, 0.717) is 11.3 Å². The van der Waals surface area contributed by atoms with E-state index in [0.717, 1.165) is 0 Å². The Balaban J connectivity index is 2.95. The fourth-order valence-corrected chi connectivity index (χ4v) is 2.29. The van der Waals surface area contributed by atoms with Gasteiger partial charge in [-0.15, -0.1) is 0 Å². The monoisotopic (exact) mass is 306 g/mol. The molecule has 1 unspecified atom stereocenters. The lowest BCUT2D eigenvalue weighted by molar-refractivity contribution is -0.334. The average molecular weight is 306 g/mol. The predicted molar refractivity (Wildman–Crippen MR) is 58.6 cm³/mol. The largest absolute Gasteiger partial charge is 0.404 e. The van der Waals surface area contributed by atoms with Crippen LogP contribution in [-0.4, -0.2) is 42.3 Å². The Hall–Kier alpha value is -0.990. The lowest BCUT2D eigenvalue weighted by Crippen LogP contribution is -2.53. The van der Waals surface area contributed by atoms with Crippen molar-refractivity contribution >= 4 is 5.91 Å². The van der Waals surface area contributed by atoms with Crippen LogP contribution in [-0.2, 0) is 4.79 Å². The van der Waals surface area contributed by atoms with Crippen LogP contribution in [0.1, 0.15) is 26.2 Å². The first-order valence-corrected chi connectivity index (χ1v) is 6.14. The third-order valence-corrected chi connectivity index (χ3v) is 3.58. The van der Waals surface area contributed by atoms with Crippen molar-refractivity contribution in [3.05, 3.63) is 0 Å². The van der Waals surface area contributed by atoms with Crippen LogP contribution >= 0.6 is 0 Å². The molecule has 1 aliphatic heterocycles. The quantitative estimate of drug-likeness (QED) is 0.814. The first-order valence-electron chi connectivity index (χ1n) is 6.14. The highest BCUT2D eigenvalue weighted by Crippen LogP contribution is 2.55. The molecule has 1 heterocycles. The number of hydrogen-bond acceptors (Lipinski definition) is 2. The summed E-state index contributed by atoms with van der Waals surface area (Å²) in [6.45, 7) is -0.279. The highest BCUT2D eigenvalue weighted by Gasteiger charge is 2.72. The van der Waals surface area contributed by atoms with Crippen molar-refractivity contribution in [1.29, 1.82) is 0 Å². The minimum absolute atomic E-state index is 0.223. The number of carbonyl (C=O) groups is 1. The summed E-state index contributed by atoms with van der Waals surface area (Å²) in [5.41, 5.74) is 1.61. The van der Waals surface area contributed by atoms with Gasteiger partial charge >= 0.3 is 12.4 Å². The Kier molecular flexibility index (Phi) is 4.62. The second-order valence-electron chi connectivity index (χ2n) is 4.98. The van der Waals surface area contributed by atoms with Gasteiger partial charge in [0.2, 0.25) is 5.91 Å². The van der Waals surface area contributed by atoms with Gasteiger partial charge in [0.25, 0.3) is 0 Å². The van der Waals surface area contributed by atoms with E-state index in [1.807, 2.05) is 0 Å². The molecule has 20 heavy (non-hydrogen) atoms. The van der Waals surface area contributed by atoms with Crippen LogP contribution in [0.25, 0.3) is 0 Å². The molecular formula is C11H16F6N2O. The molecule has 0 aliphatic carbocycles. The summed E-state index contributed by atoms with van der Waals surface area (Å²) in [5.74, 6) is -0.859. The van der Waals surface area contributed by atoms with E-state index >= 15 is 0 Å². The van der Waals surface area contributed by atoms with Crippen LogP contribution in [0.5, 0.6) is 0 Å². The Labute approximate surface area is 112 Å². The highest BCUT2D eigenvalue weighted by atomic mass is 19.4. The van der Waals surface area contributed by atoms with E-state index in [2.05, 4.69) is 0 Å². The molecule has 9 heteroatoms. The number of nitrogens with two attached hydrogens (primary N) is 1. The second kappa shape index (κ2) is 5.42. The fourth-order valence-electron chi connectivity index (χ4n) is 2.29. The maximum atomic E-state index is 12.8. The molecule has 1 saturated heterocycles. The third kappa shape index (κ3) is 2.87. The van der Waals surface area contributed by atoms with E-state index in [9.17, 15) is 31.1 Å². The number of amides is 1. The summed E-state index contributed by atoms with van der Waals surface area (Å²) in [7, 11) is 0. The van der Waals surface area contributed by atoms with E-state index in [4.69, 9.17) is 5.73 Å². The third-order valence-electron chi connectivity index (χ3n) is 3.58. The van der Waals surface area contributed by atoms with Gasteiger partial charge in [0.05, 0.1) is 6.04 Å². The fraction of sp³-hybridized carbons (Fsp3) is 0.909. The van der Waals surface area contributed by atoms with Gasteiger partial charge in [-0.1, -0.05) is 13.3 Å². The van der Waals surface area contributed by atoms with Crippen molar-refractivity contribution in [2.45, 2.75) is 44.6 Å². The summed E-state index contributed by atoms with van der Waals surface area (Å²) in [5, 5.41) is 0. The summed E-state index contributed by atoms with van der Waals surface area (Å²) >= 11 is 0. The van der Waals surface area contributed by atoms with Gasteiger partial charge in [0, 0.05) is 13.1 Å². The SMILES string of the molecule is CCCC(N)C(=O)N1CCC(C(F)(F)F)(C(F)(F)F)C1. The number of likely N-dealkylation sites (tertiary alicyclic amines) is 1. The van der Waals surface area contributed by atoms with Crippen molar-refractivity contribution < 1.29 is 31.1 Å². The molecule has 1 aliphatic rings. The smallest absolute Gasteiger partial charge is 0.340 e. The molecule has 0 aromatic heterocycles. The molecule has 0 spiro atoms. The highest BCUT2D eigenvalue weighted by molar-refractivity contribution is 5.82. The van der Waals surface area contributed by atoms with Crippen LogP contribution in [0, 0.1) is 5.41 Å². The zero-order valence-corrected chi connectivity index (χ0v) is 10.8. The van der Waals surface area contributed by atoms with Gasteiger partial charge < -0.3 is 10.6 Å². The lowest BCUT2D eigenvalue weighted by Gasteiger charge is -2.33. The molecule has 1 rings (SSSR count). The van der Waals surface area contributed by atoms with Gasteiger partial charge in [0.15, 0.2) is 5.41 Å². The van der Waals surface area contributed by atoms with Gasteiger partial charge in [-0.05, 0) is 12.8 Å². The van der Waals surface area contributed by atoms with Crippen LogP contribution < -0.4 is 5.73 Å². The molecule has 0 saturated carbocycles. The van der Waals surface area contributed by atoms with E-state index in [1.54, 1.807) is 6.92 Å². The van der Waals surface area contributed by atoms with Crippen LogP contribution in [0.4, 0.5) is 26.3 Å². The summed E-state index contributed by atoms with van der Waals surface area (Å²) in [6.07, 6.45) is -11.3. The van der Waals surface area contributed by atoms with Crippen LogP contribution in [0.15, 0.2) is 0 Å². The van der Waals surface area contributed by atoms with Crippen molar-refractivity contribution in [3.63, 3.8) is 0 Å². The maximum Gasteiger partial charge on any atom is 0.404 e. The van der Waals surface area contributed by atoms with Gasteiger partial charge in [-0.2, -0.15) is 26.3 Å². The predicted octanol–water partition coefficient (Wildman–Crippen LogP) is 2.46. The number of halogens is 6. The zero-order chi connectivity index (χ0) is 15.8. The molecule has 1 amide bonds.